The van der Waals surface area contributed by atoms with Gasteiger partial charge in [0.2, 0.25) is 0 Å². The molecule has 6 nitrogen and oxygen atoms in total. The van der Waals surface area contributed by atoms with Crippen LogP contribution < -0.4 is 11.1 Å². The number of aromatic nitrogens is 1. The first-order valence-corrected chi connectivity index (χ1v) is 5.80. The summed E-state index contributed by atoms with van der Waals surface area (Å²) in [6.45, 7) is 2.87. The van der Waals surface area contributed by atoms with E-state index in [2.05, 4.69) is 15.2 Å². The van der Waals surface area contributed by atoms with Crippen molar-refractivity contribution in [3.8, 4) is 0 Å². The van der Waals surface area contributed by atoms with Crippen LogP contribution in [0.4, 0.5) is 5.69 Å². The Morgan fingerprint density at radius 2 is 2.10 bits per heavy atom. The van der Waals surface area contributed by atoms with Crippen LogP contribution in [0.2, 0.25) is 0 Å². The number of nitrogen functional groups attached to an aromatic ring is 1. The molecule has 0 saturated heterocycles. The Hall–Kier alpha value is -1.08. The second-order valence-electron chi connectivity index (χ2n) is 4.03. The normalized spacial score (nSPS) is 9.55. The van der Waals surface area contributed by atoms with Gasteiger partial charge in [0.25, 0.3) is 5.91 Å². The lowest BCUT2D eigenvalue weighted by Crippen LogP contribution is -2.34. The van der Waals surface area contributed by atoms with Crippen molar-refractivity contribution in [3.05, 3.63) is 24.0 Å². The Kier molecular flexibility index (Phi) is 12.4. The summed E-state index contributed by atoms with van der Waals surface area (Å²) < 4.78 is 4.97. The van der Waals surface area contributed by atoms with E-state index in [9.17, 15) is 4.79 Å². The highest BCUT2D eigenvalue weighted by Crippen LogP contribution is 2.00. The van der Waals surface area contributed by atoms with Gasteiger partial charge in [-0.2, -0.15) is 0 Å². The van der Waals surface area contributed by atoms with Gasteiger partial charge < -0.3 is 20.7 Å². The van der Waals surface area contributed by atoms with Crippen LogP contribution in [0.1, 0.15) is 10.5 Å². The smallest absolute Gasteiger partial charge is 0.269 e. The maximum atomic E-state index is 11.7. The summed E-state index contributed by atoms with van der Waals surface area (Å²) >= 11 is 0. The molecule has 1 rings (SSSR count). The number of hydrogen-bond donors (Lipinski definition) is 2. The summed E-state index contributed by atoms with van der Waals surface area (Å²) in [4.78, 5) is 17.7. The van der Waals surface area contributed by atoms with Gasteiger partial charge in [-0.05, 0) is 19.2 Å². The van der Waals surface area contributed by atoms with Crippen LogP contribution in [-0.4, -0.2) is 56.2 Å². The predicted octanol–water partition coefficient (Wildman–Crippen LogP) is 0.815. The van der Waals surface area contributed by atoms with Crippen molar-refractivity contribution >= 4 is 36.4 Å². The van der Waals surface area contributed by atoms with Gasteiger partial charge in [-0.25, -0.2) is 4.98 Å². The molecular weight excluding hydrogens is 303 g/mol. The van der Waals surface area contributed by atoms with Gasteiger partial charge in [0.05, 0.1) is 18.5 Å². The van der Waals surface area contributed by atoms with Crippen LogP contribution >= 0.6 is 24.8 Å². The Labute approximate surface area is 131 Å². The van der Waals surface area contributed by atoms with E-state index in [0.717, 1.165) is 13.1 Å². The SMILES string of the molecule is COCCN(C)CCNC(=O)c1ccc(N)cn1.Cl.Cl. The van der Waals surface area contributed by atoms with Crippen molar-refractivity contribution in [2.75, 3.05) is 46.1 Å². The molecule has 0 spiro atoms. The van der Waals surface area contributed by atoms with E-state index in [-0.39, 0.29) is 30.7 Å². The summed E-state index contributed by atoms with van der Waals surface area (Å²) in [5, 5.41) is 2.80. The minimum Gasteiger partial charge on any atom is -0.397 e. The molecule has 1 aromatic rings. The van der Waals surface area contributed by atoms with Crippen LogP contribution in [0, 0.1) is 0 Å². The third kappa shape index (κ3) is 8.16. The fraction of sp³-hybridized carbons (Fsp3) is 0.500. The van der Waals surface area contributed by atoms with Crippen molar-refractivity contribution in [1.82, 2.24) is 15.2 Å². The molecule has 0 atom stereocenters. The van der Waals surface area contributed by atoms with Gasteiger partial charge in [0.15, 0.2) is 0 Å². The highest BCUT2D eigenvalue weighted by molar-refractivity contribution is 5.92. The van der Waals surface area contributed by atoms with Crippen LogP contribution in [0.3, 0.4) is 0 Å². The number of pyridine rings is 1. The summed E-state index contributed by atoms with van der Waals surface area (Å²) in [6, 6.07) is 3.27. The Morgan fingerprint density at radius 1 is 1.40 bits per heavy atom. The molecule has 0 aliphatic carbocycles. The number of carbonyl (C=O) groups excluding carboxylic acids is 1. The fourth-order valence-electron chi connectivity index (χ4n) is 1.35. The molecule has 0 saturated carbocycles. The predicted molar refractivity (Wildman–Crippen MR) is 84.9 cm³/mol. The Bertz CT molecular complexity index is 376. The summed E-state index contributed by atoms with van der Waals surface area (Å²) in [7, 11) is 3.65. The standard InChI is InChI=1S/C12H20N4O2.2ClH/c1-16(7-8-18-2)6-5-14-12(17)11-4-3-10(13)9-15-11;;/h3-4,9H,5-8,13H2,1-2H3,(H,14,17);2*1H. The van der Waals surface area contributed by atoms with E-state index in [1.807, 2.05) is 7.05 Å². The molecule has 0 radical (unpaired) electrons. The van der Waals surface area contributed by atoms with Gasteiger partial charge in [-0.15, -0.1) is 24.8 Å². The maximum Gasteiger partial charge on any atom is 0.269 e. The van der Waals surface area contributed by atoms with Crippen LogP contribution in [0.15, 0.2) is 18.3 Å². The molecule has 0 unspecified atom stereocenters. The van der Waals surface area contributed by atoms with Crippen LogP contribution in [-0.2, 0) is 4.74 Å². The lowest BCUT2D eigenvalue weighted by Gasteiger charge is -2.15. The van der Waals surface area contributed by atoms with E-state index in [0.29, 0.717) is 24.5 Å². The van der Waals surface area contributed by atoms with Crippen LogP contribution in [0.5, 0.6) is 0 Å². The van der Waals surface area contributed by atoms with E-state index in [1.54, 1.807) is 19.2 Å². The van der Waals surface area contributed by atoms with E-state index in [1.165, 1.54) is 6.20 Å². The van der Waals surface area contributed by atoms with Gasteiger partial charge in [0, 0.05) is 26.7 Å². The highest BCUT2D eigenvalue weighted by Gasteiger charge is 2.06. The number of hydrogen-bond acceptors (Lipinski definition) is 5. The zero-order chi connectivity index (χ0) is 13.4. The third-order valence-electron chi connectivity index (χ3n) is 2.48. The van der Waals surface area contributed by atoms with Gasteiger partial charge >= 0.3 is 0 Å². The Balaban J connectivity index is 0. The van der Waals surface area contributed by atoms with E-state index < -0.39 is 0 Å². The second kappa shape index (κ2) is 11.7. The molecular formula is C12H22Cl2N4O2. The highest BCUT2D eigenvalue weighted by atomic mass is 35.5. The summed E-state index contributed by atoms with van der Waals surface area (Å²) in [6.07, 6.45) is 1.47. The molecule has 0 aliphatic rings. The molecule has 0 bridgehead atoms. The van der Waals surface area contributed by atoms with Gasteiger partial charge in [0.1, 0.15) is 5.69 Å². The van der Waals surface area contributed by atoms with Gasteiger partial charge in [-0.1, -0.05) is 0 Å². The molecule has 1 aromatic heterocycles. The molecule has 8 heteroatoms. The number of carbonyl (C=O) groups is 1. The quantitative estimate of drug-likeness (QED) is 0.776. The van der Waals surface area contributed by atoms with Crippen molar-refractivity contribution < 1.29 is 9.53 Å². The number of rotatable bonds is 7. The van der Waals surface area contributed by atoms with Crippen molar-refractivity contribution in [2.24, 2.45) is 0 Å². The first-order valence-electron chi connectivity index (χ1n) is 5.80. The van der Waals surface area contributed by atoms with E-state index >= 15 is 0 Å². The molecule has 20 heavy (non-hydrogen) atoms. The van der Waals surface area contributed by atoms with Crippen LogP contribution in [0.25, 0.3) is 0 Å². The number of likely N-dealkylation sites (N-methyl/N-ethyl adjacent to an activating group) is 1. The maximum absolute atomic E-state index is 11.7. The monoisotopic (exact) mass is 324 g/mol. The summed E-state index contributed by atoms with van der Waals surface area (Å²) in [5.41, 5.74) is 6.43. The largest absolute Gasteiger partial charge is 0.397 e. The number of nitrogens with zero attached hydrogens (tertiary/aromatic N) is 2. The van der Waals surface area contributed by atoms with E-state index in [4.69, 9.17) is 10.5 Å². The van der Waals surface area contributed by atoms with Crippen molar-refractivity contribution in [2.45, 2.75) is 0 Å². The lowest BCUT2D eigenvalue weighted by atomic mass is 10.3. The topological polar surface area (TPSA) is 80.5 Å². The Morgan fingerprint density at radius 3 is 2.65 bits per heavy atom. The van der Waals surface area contributed by atoms with Crippen molar-refractivity contribution in [3.63, 3.8) is 0 Å². The van der Waals surface area contributed by atoms with Crippen molar-refractivity contribution in [1.29, 1.82) is 0 Å². The number of methoxy groups -OCH3 is 1. The average Bonchev–Trinajstić information content (AvgIpc) is 2.37. The average molecular weight is 325 g/mol. The first kappa shape index (κ1) is 21.2. The molecule has 1 amide bonds. The minimum absolute atomic E-state index is 0. The number of nitrogens with one attached hydrogen (secondary N) is 1. The molecule has 1 heterocycles. The molecule has 0 aromatic carbocycles. The molecule has 116 valence electrons. The number of ether oxygens (including phenoxy) is 1. The number of anilines is 1. The number of halogens is 2. The molecule has 3 N–H and O–H groups in total. The minimum atomic E-state index is -0.185. The summed E-state index contributed by atoms with van der Waals surface area (Å²) in [5.74, 6) is -0.185. The van der Waals surface area contributed by atoms with Gasteiger partial charge in [-0.3, -0.25) is 4.79 Å². The first-order chi connectivity index (χ1) is 8.63. The lowest BCUT2D eigenvalue weighted by molar-refractivity contribution is 0.0942. The zero-order valence-electron chi connectivity index (χ0n) is 11.7. The molecule has 0 fully saturated rings. The number of nitrogens with two attached hydrogens (primary N) is 1. The molecule has 0 aliphatic heterocycles. The fourth-order valence-corrected chi connectivity index (χ4v) is 1.35. The zero-order valence-corrected chi connectivity index (χ0v) is 13.3. The third-order valence-corrected chi connectivity index (χ3v) is 2.48. The number of amides is 1. The second-order valence-corrected chi connectivity index (χ2v) is 4.03.